The van der Waals surface area contributed by atoms with Gasteiger partial charge in [-0.2, -0.15) is 4.98 Å². The lowest BCUT2D eigenvalue weighted by molar-refractivity contribution is 0.0698. The highest BCUT2D eigenvalue weighted by Gasteiger charge is 2.19. The predicted molar refractivity (Wildman–Crippen MR) is 111 cm³/mol. The summed E-state index contributed by atoms with van der Waals surface area (Å²) in [6.07, 6.45) is 0. The summed E-state index contributed by atoms with van der Waals surface area (Å²) in [5.41, 5.74) is 7.87. The van der Waals surface area contributed by atoms with Crippen LogP contribution in [-0.4, -0.2) is 36.7 Å². The van der Waals surface area contributed by atoms with Gasteiger partial charge in [0.25, 0.3) is 11.9 Å². The zero-order chi connectivity index (χ0) is 21.3. The third kappa shape index (κ3) is 3.44. The van der Waals surface area contributed by atoms with Gasteiger partial charge in [-0.25, -0.2) is 4.79 Å². The Kier molecular flexibility index (Phi) is 4.85. The molecule has 1 amide bonds. The summed E-state index contributed by atoms with van der Waals surface area (Å²) in [5, 5.41) is 21.1. The zero-order valence-electron chi connectivity index (χ0n) is 16.0. The SMILES string of the molecule is Cc1cc2c(C(=O)O)cccc2n1-c1nnc(C(N)=O)c(NCc2ccccc2)n1. The third-order valence-corrected chi connectivity index (χ3v) is 4.67. The van der Waals surface area contributed by atoms with E-state index in [0.717, 1.165) is 11.3 Å². The number of primary amides is 1. The van der Waals surface area contributed by atoms with Crippen molar-refractivity contribution in [3.8, 4) is 5.95 Å². The number of nitrogens with one attached hydrogen (secondary N) is 1. The van der Waals surface area contributed by atoms with Gasteiger partial charge in [-0.05, 0) is 30.7 Å². The minimum absolute atomic E-state index is 0.0741. The highest BCUT2D eigenvalue weighted by molar-refractivity contribution is 6.03. The van der Waals surface area contributed by atoms with Crippen molar-refractivity contribution in [3.05, 3.63) is 77.1 Å². The maximum atomic E-state index is 11.8. The van der Waals surface area contributed by atoms with Crippen LogP contribution in [0.2, 0.25) is 0 Å². The molecule has 4 N–H and O–H groups in total. The molecule has 9 nitrogen and oxygen atoms in total. The van der Waals surface area contributed by atoms with Crippen molar-refractivity contribution in [2.75, 3.05) is 5.32 Å². The quantitative estimate of drug-likeness (QED) is 0.451. The van der Waals surface area contributed by atoms with E-state index >= 15 is 0 Å². The first kappa shape index (κ1) is 19.1. The fourth-order valence-electron chi connectivity index (χ4n) is 3.30. The Balaban J connectivity index is 1.80. The van der Waals surface area contributed by atoms with Gasteiger partial charge in [0.1, 0.15) is 0 Å². The van der Waals surface area contributed by atoms with Gasteiger partial charge in [0.05, 0.1) is 11.1 Å². The number of amides is 1. The van der Waals surface area contributed by atoms with E-state index in [1.165, 1.54) is 6.07 Å². The van der Waals surface area contributed by atoms with E-state index in [-0.39, 0.29) is 23.0 Å². The van der Waals surface area contributed by atoms with Crippen molar-refractivity contribution in [1.29, 1.82) is 0 Å². The summed E-state index contributed by atoms with van der Waals surface area (Å²) < 4.78 is 1.69. The Hall–Kier alpha value is -4.27. The molecular weight excluding hydrogens is 384 g/mol. The number of anilines is 1. The number of aryl methyl sites for hydroxylation is 1. The number of rotatable bonds is 6. The molecule has 0 fully saturated rings. The molecule has 0 unspecified atom stereocenters. The van der Waals surface area contributed by atoms with Gasteiger partial charge >= 0.3 is 5.97 Å². The van der Waals surface area contributed by atoms with Crippen LogP contribution >= 0.6 is 0 Å². The van der Waals surface area contributed by atoms with Crippen LogP contribution in [0, 0.1) is 6.92 Å². The highest BCUT2D eigenvalue weighted by atomic mass is 16.4. The predicted octanol–water partition coefficient (Wildman–Crippen LogP) is 2.53. The summed E-state index contributed by atoms with van der Waals surface area (Å²) in [6.45, 7) is 2.22. The molecule has 0 spiro atoms. The summed E-state index contributed by atoms with van der Waals surface area (Å²) in [4.78, 5) is 27.8. The zero-order valence-corrected chi connectivity index (χ0v) is 16.0. The number of nitrogens with zero attached hydrogens (tertiary/aromatic N) is 4. The molecule has 2 aromatic heterocycles. The fourth-order valence-corrected chi connectivity index (χ4v) is 3.30. The van der Waals surface area contributed by atoms with Crippen LogP contribution in [0.15, 0.2) is 54.6 Å². The van der Waals surface area contributed by atoms with E-state index in [4.69, 9.17) is 5.73 Å². The molecule has 0 bridgehead atoms. The molecule has 4 aromatic rings. The number of nitrogens with two attached hydrogens (primary N) is 1. The first-order valence-electron chi connectivity index (χ1n) is 9.12. The van der Waals surface area contributed by atoms with E-state index in [1.807, 2.05) is 37.3 Å². The number of fused-ring (bicyclic) bond motifs is 1. The van der Waals surface area contributed by atoms with Crippen molar-refractivity contribution in [1.82, 2.24) is 19.7 Å². The molecule has 2 heterocycles. The molecule has 0 saturated heterocycles. The van der Waals surface area contributed by atoms with Gasteiger partial charge in [0.2, 0.25) is 0 Å². The van der Waals surface area contributed by atoms with Crippen molar-refractivity contribution < 1.29 is 14.7 Å². The van der Waals surface area contributed by atoms with E-state index in [2.05, 4.69) is 20.5 Å². The normalized spacial score (nSPS) is 10.8. The van der Waals surface area contributed by atoms with Crippen LogP contribution in [-0.2, 0) is 6.54 Å². The van der Waals surface area contributed by atoms with Crippen LogP contribution in [0.1, 0.15) is 32.1 Å². The van der Waals surface area contributed by atoms with E-state index < -0.39 is 11.9 Å². The van der Waals surface area contributed by atoms with Gasteiger partial charge in [-0.15, -0.1) is 10.2 Å². The smallest absolute Gasteiger partial charge is 0.336 e. The van der Waals surface area contributed by atoms with Gasteiger partial charge in [0, 0.05) is 17.6 Å². The standard InChI is InChI=1S/C21H18N6O3/c1-12-10-15-14(20(29)30)8-5-9-16(15)27(12)21-24-19(17(18(22)28)25-26-21)23-11-13-6-3-2-4-7-13/h2-10H,11H2,1H3,(H2,22,28)(H,29,30)(H,23,24,26). The second-order valence-electron chi connectivity index (χ2n) is 6.68. The maximum absolute atomic E-state index is 11.8. The fraction of sp³-hybridized carbons (Fsp3) is 0.0952. The number of hydrogen-bond acceptors (Lipinski definition) is 6. The first-order valence-corrected chi connectivity index (χ1v) is 9.12. The first-order chi connectivity index (χ1) is 14.5. The number of benzene rings is 2. The second-order valence-corrected chi connectivity index (χ2v) is 6.68. The topological polar surface area (TPSA) is 136 Å². The summed E-state index contributed by atoms with van der Waals surface area (Å²) in [5.74, 6) is -1.37. The highest BCUT2D eigenvalue weighted by Crippen LogP contribution is 2.26. The Morgan fingerprint density at radius 2 is 1.87 bits per heavy atom. The summed E-state index contributed by atoms with van der Waals surface area (Å²) >= 11 is 0. The van der Waals surface area contributed by atoms with E-state index in [0.29, 0.717) is 17.4 Å². The third-order valence-electron chi connectivity index (χ3n) is 4.67. The van der Waals surface area contributed by atoms with Crippen molar-refractivity contribution in [2.24, 2.45) is 5.73 Å². The molecule has 9 heteroatoms. The van der Waals surface area contributed by atoms with Crippen LogP contribution in [0.4, 0.5) is 5.82 Å². The minimum Gasteiger partial charge on any atom is -0.478 e. The number of carbonyl (C=O) groups excluding carboxylic acids is 1. The average molecular weight is 402 g/mol. The Labute approximate surface area is 171 Å². The van der Waals surface area contributed by atoms with E-state index in [1.54, 1.807) is 22.8 Å². The van der Waals surface area contributed by atoms with E-state index in [9.17, 15) is 14.7 Å². The van der Waals surface area contributed by atoms with Crippen molar-refractivity contribution in [3.63, 3.8) is 0 Å². The van der Waals surface area contributed by atoms with Crippen LogP contribution < -0.4 is 11.1 Å². The summed E-state index contributed by atoms with van der Waals surface area (Å²) in [6, 6.07) is 16.3. The monoisotopic (exact) mass is 402 g/mol. The summed E-state index contributed by atoms with van der Waals surface area (Å²) in [7, 11) is 0. The largest absolute Gasteiger partial charge is 0.478 e. The molecule has 0 aliphatic heterocycles. The Morgan fingerprint density at radius 1 is 1.10 bits per heavy atom. The average Bonchev–Trinajstić information content (AvgIpc) is 3.08. The van der Waals surface area contributed by atoms with Crippen molar-refractivity contribution in [2.45, 2.75) is 13.5 Å². The van der Waals surface area contributed by atoms with Gasteiger partial charge in [-0.1, -0.05) is 36.4 Å². The Bertz CT molecular complexity index is 1270. The molecule has 30 heavy (non-hydrogen) atoms. The van der Waals surface area contributed by atoms with Gasteiger partial charge in [-0.3, -0.25) is 9.36 Å². The molecule has 0 aliphatic carbocycles. The van der Waals surface area contributed by atoms with Crippen LogP contribution in [0.5, 0.6) is 0 Å². The number of carboxylic acids is 1. The van der Waals surface area contributed by atoms with Crippen molar-refractivity contribution >= 4 is 28.6 Å². The van der Waals surface area contributed by atoms with Crippen LogP contribution in [0.3, 0.4) is 0 Å². The maximum Gasteiger partial charge on any atom is 0.336 e. The Morgan fingerprint density at radius 3 is 2.57 bits per heavy atom. The molecule has 0 radical (unpaired) electrons. The molecule has 0 atom stereocenters. The molecule has 4 rings (SSSR count). The number of carbonyl (C=O) groups is 2. The number of carboxylic acid groups (broad SMARTS) is 1. The number of hydrogen-bond donors (Lipinski definition) is 3. The van der Waals surface area contributed by atoms with Crippen LogP contribution in [0.25, 0.3) is 16.9 Å². The molecule has 0 aliphatic rings. The molecule has 0 saturated carbocycles. The number of aromatic nitrogens is 4. The molecule has 150 valence electrons. The van der Waals surface area contributed by atoms with Gasteiger partial charge < -0.3 is 16.2 Å². The lowest BCUT2D eigenvalue weighted by Gasteiger charge is -2.11. The molecular formula is C21H18N6O3. The lowest BCUT2D eigenvalue weighted by Crippen LogP contribution is -2.20. The molecule has 2 aromatic carbocycles. The number of aromatic carboxylic acids is 1. The second kappa shape index (κ2) is 7.63. The van der Waals surface area contributed by atoms with Gasteiger partial charge in [0.15, 0.2) is 11.5 Å². The lowest BCUT2D eigenvalue weighted by atomic mass is 10.1. The minimum atomic E-state index is -1.02.